The summed E-state index contributed by atoms with van der Waals surface area (Å²) >= 11 is 2.32. The molecule has 0 aliphatic heterocycles. The maximum Gasteiger partial charge on any atom is -1.00 e. The van der Waals surface area contributed by atoms with Gasteiger partial charge in [0, 0.05) is 0 Å². The van der Waals surface area contributed by atoms with Crippen molar-refractivity contribution in [1.29, 1.82) is 0 Å². The van der Waals surface area contributed by atoms with E-state index in [1.165, 1.54) is 22.3 Å². The van der Waals surface area contributed by atoms with Crippen LogP contribution in [0.25, 0.3) is 17.2 Å². The number of benzene rings is 2. The fourth-order valence-electron chi connectivity index (χ4n) is 2.64. The summed E-state index contributed by atoms with van der Waals surface area (Å²) in [5.74, 6) is 0. The van der Waals surface area contributed by atoms with Gasteiger partial charge in [-0.2, -0.15) is 0 Å². The molecule has 1 aliphatic carbocycles. The van der Waals surface area contributed by atoms with Crippen LogP contribution in [0, 0.1) is 0 Å². The standard InChI is InChI=1S/C17H15.2ClH.Ti/c1-2-13-11-15-9-6-10-16(17(15)12-13)14-7-4-3-5-8-14;;;/h3-12H,2H2,1H3;2*1H;/q;;;+2/p-2. The molecule has 2 aromatic rings. The Hall–Kier alpha value is -0.526. The van der Waals surface area contributed by atoms with Crippen LogP contribution in [-0.4, -0.2) is 0 Å². The van der Waals surface area contributed by atoms with E-state index >= 15 is 0 Å². The SMILES string of the molecule is CCC1=Cc2c(-c3ccccc3)cccc2[CH]1[Ti+2].[Cl-].[Cl-]. The van der Waals surface area contributed by atoms with Crippen molar-refractivity contribution in [2.75, 3.05) is 0 Å². The van der Waals surface area contributed by atoms with Crippen molar-refractivity contribution >= 4 is 6.08 Å². The van der Waals surface area contributed by atoms with Crippen molar-refractivity contribution in [3.05, 3.63) is 65.2 Å². The second kappa shape index (κ2) is 7.47. The number of halogens is 2. The summed E-state index contributed by atoms with van der Waals surface area (Å²) < 4.78 is 0.577. The zero-order valence-corrected chi connectivity index (χ0v) is 14.3. The Bertz CT molecular complexity index is 606. The molecular formula is C17H15Cl2Ti. The van der Waals surface area contributed by atoms with Gasteiger partial charge in [0.05, 0.1) is 0 Å². The Kier molecular flexibility index (Phi) is 6.55. The fourth-order valence-corrected chi connectivity index (χ4v) is 3.48. The molecule has 2 aromatic carbocycles. The largest absolute Gasteiger partial charge is 1.00 e. The van der Waals surface area contributed by atoms with Crippen molar-refractivity contribution in [3.8, 4) is 11.1 Å². The van der Waals surface area contributed by atoms with Gasteiger partial charge in [-0.15, -0.1) is 0 Å². The molecule has 0 amide bonds. The molecule has 1 unspecified atom stereocenters. The molecule has 0 N–H and O–H groups in total. The van der Waals surface area contributed by atoms with E-state index in [4.69, 9.17) is 0 Å². The molecule has 0 radical (unpaired) electrons. The van der Waals surface area contributed by atoms with Gasteiger partial charge in [0.2, 0.25) is 0 Å². The van der Waals surface area contributed by atoms with Crippen LogP contribution in [0.3, 0.4) is 0 Å². The van der Waals surface area contributed by atoms with E-state index in [1.54, 1.807) is 5.57 Å². The number of hydrogen-bond acceptors (Lipinski definition) is 0. The topological polar surface area (TPSA) is 0 Å². The molecule has 0 fully saturated rings. The van der Waals surface area contributed by atoms with Crippen LogP contribution in [0.4, 0.5) is 0 Å². The predicted octanol–water partition coefficient (Wildman–Crippen LogP) is -1.24. The zero-order valence-electron chi connectivity index (χ0n) is 11.2. The van der Waals surface area contributed by atoms with Crippen molar-refractivity contribution in [2.24, 2.45) is 0 Å². The summed E-state index contributed by atoms with van der Waals surface area (Å²) in [6, 6.07) is 17.4. The molecule has 0 saturated heterocycles. The summed E-state index contributed by atoms with van der Waals surface area (Å²) in [4.78, 5) is 0. The second-order valence-corrected chi connectivity index (χ2v) is 5.58. The van der Waals surface area contributed by atoms with E-state index in [0.717, 1.165) is 6.42 Å². The van der Waals surface area contributed by atoms with Gasteiger partial charge < -0.3 is 24.8 Å². The Morgan fingerprint density at radius 3 is 2.30 bits per heavy atom. The van der Waals surface area contributed by atoms with Gasteiger partial charge in [0.15, 0.2) is 0 Å². The van der Waals surface area contributed by atoms with E-state index in [2.05, 4.69) is 82.0 Å². The van der Waals surface area contributed by atoms with E-state index in [-0.39, 0.29) is 24.8 Å². The second-order valence-electron chi connectivity index (χ2n) is 4.68. The molecule has 0 spiro atoms. The minimum atomic E-state index is 0. The van der Waals surface area contributed by atoms with Gasteiger partial charge in [0.1, 0.15) is 0 Å². The van der Waals surface area contributed by atoms with Crippen LogP contribution >= 0.6 is 0 Å². The molecule has 0 aromatic heterocycles. The smallest absolute Gasteiger partial charge is 1.00 e. The third-order valence-electron chi connectivity index (χ3n) is 3.64. The summed E-state index contributed by atoms with van der Waals surface area (Å²) in [7, 11) is 0. The van der Waals surface area contributed by atoms with Crippen LogP contribution in [0.15, 0.2) is 54.1 Å². The van der Waals surface area contributed by atoms with Gasteiger partial charge >= 0.3 is 120 Å². The quantitative estimate of drug-likeness (QED) is 0.601. The normalized spacial score (nSPS) is 15.8. The Morgan fingerprint density at radius 1 is 0.950 bits per heavy atom. The summed E-state index contributed by atoms with van der Waals surface area (Å²) in [6.07, 6.45) is 3.53. The third kappa shape index (κ3) is 3.04. The molecule has 3 rings (SSSR count). The van der Waals surface area contributed by atoms with E-state index in [1.807, 2.05) is 0 Å². The molecule has 1 aliphatic rings. The van der Waals surface area contributed by atoms with Crippen LogP contribution in [0.5, 0.6) is 0 Å². The predicted molar refractivity (Wildman–Crippen MR) is 72.9 cm³/mol. The number of allylic oxidation sites excluding steroid dienone is 1. The fraction of sp³-hybridized carbons (Fsp3) is 0.176. The van der Waals surface area contributed by atoms with Crippen molar-refractivity contribution in [2.45, 2.75) is 17.6 Å². The van der Waals surface area contributed by atoms with Crippen LogP contribution in [-0.2, 0) is 20.4 Å². The van der Waals surface area contributed by atoms with E-state index in [9.17, 15) is 0 Å². The maximum atomic E-state index is 2.39. The molecular weight excluding hydrogens is 323 g/mol. The molecule has 0 bridgehead atoms. The van der Waals surface area contributed by atoms with E-state index in [0.29, 0.717) is 4.22 Å². The first-order valence-corrected chi connectivity index (χ1v) is 7.31. The van der Waals surface area contributed by atoms with Crippen LogP contribution in [0.2, 0.25) is 0 Å². The first-order valence-electron chi connectivity index (χ1n) is 6.41. The molecule has 0 saturated carbocycles. The summed E-state index contributed by atoms with van der Waals surface area (Å²) in [5, 5.41) is 0. The number of rotatable bonds is 2. The molecule has 20 heavy (non-hydrogen) atoms. The minimum absolute atomic E-state index is 0. The molecule has 0 nitrogen and oxygen atoms in total. The molecule has 0 heterocycles. The van der Waals surface area contributed by atoms with Gasteiger partial charge in [0.25, 0.3) is 0 Å². The monoisotopic (exact) mass is 337 g/mol. The Labute approximate surface area is 144 Å². The Morgan fingerprint density at radius 2 is 1.65 bits per heavy atom. The number of fused-ring (bicyclic) bond motifs is 1. The average molecular weight is 338 g/mol. The van der Waals surface area contributed by atoms with Gasteiger partial charge in [-0.05, 0) is 0 Å². The van der Waals surface area contributed by atoms with Crippen molar-refractivity contribution in [1.82, 2.24) is 0 Å². The van der Waals surface area contributed by atoms with Crippen LogP contribution in [0.1, 0.15) is 28.7 Å². The summed E-state index contributed by atoms with van der Waals surface area (Å²) in [5.41, 5.74) is 7.13. The number of hydrogen-bond donors (Lipinski definition) is 0. The van der Waals surface area contributed by atoms with Crippen molar-refractivity contribution in [3.63, 3.8) is 0 Å². The van der Waals surface area contributed by atoms with Gasteiger partial charge in [-0.1, -0.05) is 0 Å². The molecule has 1 atom stereocenters. The third-order valence-corrected chi connectivity index (χ3v) is 4.71. The average Bonchev–Trinajstić information content (AvgIpc) is 2.77. The van der Waals surface area contributed by atoms with Crippen molar-refractivity contribution < 1.29 is 45.2 Å². The minimum Gasteiger partial charge on any atom is -1.00 e. The van der Waals surface area contributed by atoms with E-state index < -0.39 is 0 Å². The summed E-state index contributed by atoms with van der Waals surface area (Å²) in [6.45, 7) is 2.25. The van der Waals surface area contributed by atoms with Crippen LogP contribution < -0.4 is 24.8 Å². The maximum absolute atomic E-state index is 2.39. The molecule has 3 heteroatoms. The first-order chi connectivity index (χ1) is 8.81. The van der Waals surface area contributed by atoms with Gasteiger partial charge in [-0.3, -0.25) is 0 Å². The molecule has 101 valence electrons. The van der Waals surface area contributed by atoms with Gasteiger partial charge in [-0.25, -0.2) is 0 Å². The Balaban J connectivity index is 0.000001000. The first kappa shape index (κ1) is 17.5. The zero-order chi connectivity index (χ0) is 12.5.